The van der Waals surface area contributed by atoms with E-state index in [4.69, 9.17) is 4.74 Å². The maximum Gasteiger partial charge on any atom is 0.263 e. The van der Waals surface area contributed by atoms with Crippen LogP contribution in [0.15, 0.2) is 36.7 Å². The Bertz CT molecular complexity index is 554. The number of rotatable bonds is 5. The summed E-state index contributed by atoms with van der Waals surface area (Å²) in [5.74, 6) is 0.644. The number of imidazole rings is 1. The number of likely N-dealkylation sites (N-methyl/N-ethyl adjacent to an activating group) is 1. The Labute approximate surface area is 116 Å². The van der Waals surface area contributed by atoms with Crippen LogP contribution >= 0.6 is 0 Å². The Kier molecular flexibility index (Phi) is 4.34. The molecule has 0 saturated carbocycles. The van der Waals surface area contributed by atoms with Crippen molar-refractivity contribution in [2.75, 3.05) is 7.05 Å². The van der Waals surface area contributed by atoms with Gasteiger partial charge in [0.15, 0.2) is 6.10 Å². The zero-order chi connectivity index (χ0) is 14.5. The Morgan fingerprint density at radius 2 is 2.15 bits per heavy atom. The van der Waals surface area contributed by atoms with Crippen molar-refractivity contribution in [3.8, 4) is 5.75 Å². The number of halogens is 1. The third kappa shape index (κ3) is 3.57. The molecule has 1 amide bonds. The number of nitrogens with one attached hydrogen (secondary N) is 1. The first kappa shape index (κ1) is 14.0. The van der Waals surface area contributed by atoms with Crippen LogP contribution in [0.5, 0.6) is 5.75 Å². The second-order valence-electron chi connectivity index (χ2n) is 4.44. The number of H-pyrrole nitrogens is 1. The van der Waals surface area contributed by atoms with Gasteiger partial charge in [0.1, 0.15) is 17.4 Å². The van der Waals surface area contributed by atoms with Gasteiger partial charge in [-0.3, -0.25) is 4.79 Å². The second-order valence-corrected chi connectivity index (χ2v) is 4.44. The number of amides is 1. The van der Waals surface area contributed by atoms with E-state index in [9.17, 15) is 9.18 Å². The molecule has 0 radical (unpaired) electrons. The number of nitrogens with zero attached hydrogens (tertiary/aromatic N) is 2. The second kappa shape index (κ2) is 6.18. The zero-order valence-electron chi connectivity index (χ0n) is 11.3. The van der Waals surface area contributed by atoms with Gasteiger partial charge in [0, 0.05) is 19.4 Å². The van der Waals surface area contributed by atoms with Crippen LogP contribution in [0.2, 0.25) is 0 Å². The number of hydrogen-bond acceptors (Lipinski definition) is 3. The predicted octanol–water partition coefficient (Wildman–Crippen LogP) is 1.97. The molecule has 20 heavy (non-hydrogen) atoms. The minimum Gasteiger partial charge on any atom is -0.481 e. The summed E-state index contributed by atoms with van der Waals surface area (Å²) < 4.78 is 18.3. The third-order valence-corrected chi connectivity index (χ3v) is 2.79. The van der Waals surface area contributed by atoms with E-state index in [-0.39, 0.29) is 11.7 Å². The first-order chi connectivity index (χ1) is 9.56. The summed E-state index contributed by atoms with van der Waals surface area (Å²) in [6.07, 6.45) is 2.68. The van der Waals surface area contributed by atoms with E-state index in [0.29, 0.717) is 18.1 Å². The molecule has 6 heteroatoms. The number of carbonyl (C=O) groups is 1. The molecule has 2 aromatic rings. The fraction of sp³-hybridized carbons (Fsp3) is 0.286. The summed E-state index contributed by atoms with van der Waals surface area (Å²) in [6.45, 7) is 2.03. The first-order valence-electron chi connectivity index (χ1n) is 6.21. The molecule has 0 spiro atoms. The zero-order valence-corrected chi connectivity index (χ0v) is 11.3. The first-order valence-corrected chi connectivity index (χ1v) is 6.21. The van der Waals surface area contributed by atoms with Crippen molar-refractivity contribution in [2.24, 2.45) is 0 Å². The Morgan fingerprint density at radius 3 is 2.75 bits per heavy atom. The summed E-state index contributed by atoms with van der Waals surface area (Å²) in [5, 5.41) is 0. The molecule has 1 heterocycles. The highest BCUT2D eigenvalue weighted by Crippen LogP contribution is 2.14. The summed E-state index contributed by atoms with van der Waals surface area (Å²) in [6, 6.07) is 5.56. The highest BCUT2D eigenvalue weighted by Gasteiger charge is 2.19. The summed E-state index contributed by atoms with van der Waals surface area (Å²) in [5.41, 5.74) is 0. The van der Waals surface area contributed by atoms with E-state index in [1.54, 1.807) is 26.4 Å². The van der Waals surface area contributed by atoms with E-state index in [1.165, 1.54) is 29.2 Å². The fourth-order valence-corrected chi connectivity index (χ4v) is 1.77. The summed E-state index contributed by atoms with van der Waals surface area (Å²) in [4.78, 5) is 20.6. The number of aromatic amines is 1. The number of aromatic nitrogens is 2. The minimum absolute atomic E-state index is 0.175. The fourth-order valence-electron chi connectivity index (χ4n) is 1.77. The maximum absolute atomic E-state index is 12.8. The van der Waals surface area contributed by atoms with Crippen molar-refractivity contribution in [3.63, 3.8) is 0 Å². The van der Waals surface area contributed by atoms with E-state index in [2.05, 4.69) is 9.97 Å². The van der Waals surface area contributed by atoms with Crippen molar-refractivity contribution in [3.05, 3.63) is 48.3 Å². The highest BCUT2D eigenvalue weighted by molar-refractivity contribution is 5.80. The molecule has 0 aliphatic heterocycles. The van der Waals surface area contributed by atoms with Gasteiger partial charge >= 0.3 is 0 Å². The van der Waals surface area contributed by atoms with Crippen LogP contribution in [-0.4, -0.2) is 33.9 Å². The topological polar surface area (TPSA) is 58.2 Å². The van der Waals surface area contributed by atoms with Crippen LogP contribution in [0.4, 0.5) is 4.39 Å². The smallest absolute Gasteiger partial charge is 0.263 e. The van der Waals surface area contributed by atoms with Gasteiger partial charge in [-0.05, 0) is 31.2 Å². The molecule has 1 aromatic carbocycles. The molecule has 0 saturated heterocycles. The molecule has 1 aromatic heterocycles. The van der Waals surface area contributed by atoms with Gasteiger partial charge in [-0.2, -0.15) is 0 Å². The Balaban J connectivity index is 1.92. The van der Waals surface area contributed by atoms with Crippen LogP contribution in [0.1, 0.15) is 12.7 Å². The van der Waals surface area contributed by atoms with Gasteiger partial charge < -0.3 is 14.6 Å². The largest absolute Gasteiger partial charge is 0.481 e. The van der Waals surface area contributed by atoms with Gasteiger partial charge in [0.2, 0.25) is 0 Å². The lowest BCUT2D eigenvalue weighted by Crippen LogP contribution is -2.37. The predicted molar refractivity (Wildman–Crippen MR) is 71.6 cm³/mol. The van der Waals surface area contributed by atoms with E-state index < -0.39 is 6.10 Å². The molecule has 2 rings (SSSR count). The van der Waals surface area contributed by atoms with E-state index in [0.717, 1.165) is 0 Å². The molecule has 1 N–H and O–H groups in total. The van der Waals surface area contributed by atoms with Crippen LogP contribution in [-0.2, 0) is 11.3 Å². The number of carbonyl (C=O) groups excluding carboxylic acids is 1. The normalized spacial score (nSPS) is 11.9. The molecule has 0 fully saturated rings. The quantitative estimate of drug-likeness (QED) is 0.909. The minimum atomic E-state index is -0.652. The molecule has 0 aliphatic rings. The molecular formula is C14H16FN3O2. The molecule has 1 atom stereocenters. The average molecular weight is 277 g/mol. The van der Waals surface area contributed by atoms with Gasteiger partial charge in [-0.1, -0.05) is 0 Å². The van der Waals surface area contributed by atoms with Crippen molar-refractivity contribution in [1.82, 2.24) is 14.9 Å². The van der Waals surface area contributed by atoms with Gasteiger partial charge in [0.05, 0.1) is 6.54 Å². The Morgan fingerprint density at radius 1 is 1.45 bits per heavy atom. The number of ether oxygens (including phenoxy) is 1. The van der Waals surface area contributed by atoms with Crippen molar-refractivity contribution in [2.45, 2.75) is 19.6 Å². The lowest BCUT2D eigenvalue weighted by molar-refractivity contribution is -0.137. The van der Waals surface area contributed by atoms with Crippen molar-refractivity contribution >= 4 is 5.91 Å². The van der Waals surface area contributed by atoms with Gasteiger partial charge in [0.25, 0.3) is 5.91 Å². The van der Waals surface area contributed by atoms with Gasteiger partial charge in [-0.15, -0.1) is 0 Å². The SMILES string of the molecule is CC(Oc1ccc(F)cc1)C(=O)N(C)Cc1ncc[nH]1. The summed E-state index contributed by atoms with van der Waals surface area (Å²) in [7, 11) is 1.68. The highest BCUT2D eigenvalue weighted by atomic mass is 19.1. The number of hydrogen-bond donors (Lipinski definition) is 1. The van der Waals surface area contributed by atoms with Crippen LogP contribution in [0, 0.1) is 5.82 Å². The van der Waals surface area contributed by atoms with Crippen molar-refractivity contribution < 1.29 is 13.9 Å². The lowest BCUT2D eigenvalue weighted by Gasteiger charge is -2.21. The molecule has 0 aliphatic carbocycles. The van der Waals surface area contributed by atoms with E-state index >= 15 is 0 Å². The van der Waals surface area contributed by atoms with Crippen LogP contribution in [0.3, 0.4) is 0 Å². The molecule has 1 unspecified atom stereocenters. The molecule has 0 bridgehead atoms. The number of benzene rings is 1. The monoisotopic (exact) mass is 277 g/mol. The molecular weight excluding hydrogens is 261 g/mol. The Hall–Kier alpha value is -2.37. The van der Waals surface area contributed by atoms with Gasteiger partial charge in [-0.25, -0.2) is 9.37 Å². The lowest BCUT2D eigenvalue weighted by atomic mass is 10.3. The third-order valence-electron chi connectivity index (χ3n) is 2.79. The van der Waals surface area contributed by atoms with Crippen LogP contribution < -0.4 is 4.74 Å². The van der Waals surface area contributed by atoms with Crippen molar-refractivity contribution in [1.29, 1.82) is 0 Å². The molecule has 5 nitrogen and oxygen atoms in total. The van der Waals surface area contributed by atoms with Crippen LogP contribution in [0.25, 0.3) is 0 Å². The summed E-state index contributed by atoms with van der Waals surface area (Å²) >= 11 is 0. The average Bonchev–Trinajstić information content (AvgIpc) is 2.93. The standard InChI is InChI=1S/C14H16FN3O2/c1-10(20-12-5-3-11(15)4-6-12)14(19)18(2)9-13-16-7-8-17-13/h3-8,10H,9H2,1-2H3,(H,16,17). The van der Waals surface area contributed by atoms with E-state index in [1.807, 2.05) is 0 Å². The maximum atomic E-state index is 12.8. The molecule has 106 valence electrons.